The van der Waals surface area contributed by atoms with E-state index in [-0.39, 0.29) is 17.1 Å². The summed E-state index contributed by atoms with van der Waals surface area (Å²) in [6.07, 6.45) is 3.36. The molecule has 4 heteroatoms. The summed E-state index contributed by atoms with van der Waals surface area (Å²) in [5.74, 6) is 0.569. The van der Waals surface area contributed by atoms with Crippen LogP contribution in [0.4, 0.5) is 4.39 Å². The maximum atomic E-state index is 14.1. The fourth-order valence-electron chi connectivity index (χ4n) is 2.97. The second-order valence-electron chi connectivity index (χ2n) is 6.04. The van der Waals surface area contributed by atoms with E-state index in [1.807, 2.05) is 30.3 Å². The third-order valence-electron chi connectivity index (χ3n) is 4.34. The van der Waals surface area contributed by atoms with Crippen LogP contribution in [0.5, 0.6) is 0 Å². The molecule has 1 atom stereocenters. The van der Waals surface area contributed by atoms with Gasteiger partial charge < -0.3 is 4.90 Å². The zero-order chi connectivity index (χ0) is 16.9. The van der Waals surface area contributed by atoms with Crippen LogP contribution in [0.25, 0.3) is 0 Å². The van der Waals surface area contributed by atoms with Crippen molar-refractivity contribution in [3.8, 4) is 0 Å². The summed E-state index contributed by atoms with van der Waals surface area (Å²) < 4.78 is 14.1. The van der Waals surface area contributed by atoms with Crippen molar-refractivity contribution < 1.29 is 9.18 Å². The number of hydrogen-bond donors (Lipinski definition) is 0. The summed E-state index contributed by atoms with van der Waals surface area (Å²) in [5.41, 5.74) is 2.53. The van der Waals surface area contributed by atoms with Crippen LogP contribution in [0.3, 0.4) is 0 Å². The molecule has 0 aliphatic carbocycles. The molecule has 3 rings (SSSR count). The highest BCUT2D eigenvalue weighted by Gasteiger charge is 2.32. The first-order valence-corrected chi connectivity index (χ1v) is 9.51. The first-order valence-electron chi connectivity index (χ1n) is 8.46. The van der Waals surface area contributed by atoms with Gasteiger partial charge in [0, 0.05) is 23.4 Å². The van der Waals surface area contributed by atoms with Crippen molar-refractivity contribution in [2.45, 2.75) is 31.6 Å². The summed E-state index contributed by atoms with van der Waals surface area (Å²) >= 11 is 1.62. The normalized spacial score (nSPS) is 17.2. The fraction of sp³-hybridized carbons (Fsp3) is 0.350. The molecule has 0 radical (unpaired) electrons. The summed E-state index contributed by atoms with van der Waals surface area (Å²) in [6, 6.07) is 14.6. The molecule has 0 spiro atoms. The first-order chi connectivity index (χ1) is 11.7. The van der Waals surface area contributed by atoms with Gasteiger partial charge in [-0.15, -0.1) is 11.8 Å². The number of halogens is 1. The monoisotopic (exact) mass is 343 g/mol. The highest BCUT2D eigenvalue weighted by Crippen LogP contribution is 2.39. The van der Waals surface area contributed by atoms with Crippen molar-refractivity contribution in [1.82, 2.24) is 4.90 Å². The highest BCUT2D eigenvalue weighted by atomic mass is 32.2. The maximum absolute atomic E-state index is 14.1. The van der Waals surface area contributed by atoms with Crippen molar-refractivity contribution in [2.75, 3.05) is 12.3 Å². The summed E-state index contributed by atoms with van der Waals surface area (Å²) in [4.78, 5) is 14.6. The number of thioether (sulfide) groups is 1. The lowest BCUT2D eigenvalue weighted by Gasteiger charge is -2.24. The minimum Gasteiger partial charge on any atom is -0.322 e. The van der Waals surface area contributed by atoms with Crippen LogP contribution in [0, 0.1) is 5.82 Å². The second-order valence-corrected chi connectivity index (χ2v) is 7.23. The van der Waals surface area contributed by atoms with Gasteiger partial charge in [-0.1, -0.05) is 43.7 Å². The molecule has 24 heavy (non-hydrogen) atoms. The Hall–Kier alpha value is -1.81. The lowest BCUT2D eigenvalue weighted by Crippen LogP contribution is -2.30. The lowest BCUT2D eigenvalue weighted by atomic mass is 10.1. The van der Waals surface area contributed by atoms with E-state index in [4.69, 9.17) is 0 Å². The van der Waals surface area contributed by atoms with E-state index < -0.39 is 0 Å². The van der Waals surface area contributed by atoms with Crippen LogP contribution in [0.1, 0.15) is 46.6 Å². The van der Waals surface area contributed by atoms with Crippen LogP contribution in [-0.4, -0.2) is 23.1 Å². The predicted octanol–water partition coefficient (Wildman–Crippen LogP) is 5.06. The van der Waals surface area contributed by atoms with E-state index in [0.29, 0.717) is 17.7 Å². The Morgan fingerprint density at radius 3 is 2.67 bits per heavy atom. The van der Waals surface area contributed by atoms with E-state index >= 15 is 0 Å². The van der Waals surface area contributed by atoms with Gasteiger partial charge in [-0.3, -0.25) is 4.79 Å². The van der Waals surface area contributed by atoms with Gasteiger partial charge in [0.2, 0.25) is 0 Å². The van der Waals surface area contributed by atoms with Crippen molar-refractivity contribution >= 4 is 17.7 Å². The third kappa shape index (κ3) is 3.64. The summed E-state index contributed by atoms with van der Waals surface area (Å²) in [5, 5.41) is -0.238. The van der Waals surface area contributed by atoms with Gasteiger partial charge in [-0.25, -0.2) is 4.39 Å². The molecule has 2 aromatic rings. The van der Waals surface area contributed by atoms with Gasteiger partial charge in [0.1, 0.15) is 11.2 Å². The van der Waals surface area contributed by atoms with E-state index in [0.717, 1.165) is 25.0 Å². The van der Waals surface area contributed by atoms with Gasteiger partial charge in [0.05, 0.1) is 0 Å². The number of hydrogen-bond acceptors (Lipinski definition) is 2. The Labute approximate surface area is 147 Å². The van der Waals surface area contributed by atoms with Crippen molar-refractivity contribution in [3.63, 3.8) is 0 Å². The topological polar surface area (TPSA) is 20.3 Å². The van der Waals surface area contributed by atoms with Crippen molar-refractivity contribution in [3.05, 3.63) is 71.0 Å². The van der Waals surface area contributed by atoms with E-state index in [9.17, 15) is 9.18 Å². The molecule has 1 unspecified atom stereocenters. The van der Waals surface area contributed by atoms with Crippen LogP contribution in [-0.2, 0) is 6.42 Å². The number of rotatable bonds is 5. The predicted molar refractivity (Wildman–Crippen MR) is 97.7 cm³/mol. The largest absolute Gasteiger partial charge is 0.322 e. The van der Waals surface area contributed by atoms with E-state index in [2.05, 4.69) is 6.92 Å². The van der Waals surface area contributed by atoms with Gasteiger partial charge in [0.15, 0.2) is 0 Å². The first kappa shape index (κ1) is 17.0. The standard InChI is InChI=1S/C20H22FNOS/c1-2-3-6-15-9-11-16(12-10-15)19(23)22-13-14-24-20(22)17-7-4-5-8-18(17)21/h4-5,7-12,20H,2-3,6,13-14H2,1H3. The number of carbonyl (C=O) groups is 1. The summed E-state index contributed by atoms with van der Waals surface area (Å²) in [7, 11) is 0. The number of carbonyl (C=O) groups excluding carboxylic acids is 1. The maximum Gasteiger partial charge on any atom is 0.255 e. The molecule has 2 nitrogen and oxygen atoms in total. The molecule has 1 amide bonds. The quantitative estimate of drug-likeness (QED) is 0.756. The highest BCUT2D eigenvalue weighted by molar-refractivity contribution is 7.99. The average molecular weight is 343 g/mol. The SMILES string of the molecule is CCCCc1ccc(C(=O)N2CCSC2c2ccccc2F)cc1. The van der Waals surface area contributed by atoms with Gasteiger partial charge in [0.25, 0.3) is 5.91 Å². The average Bonchev–Trinajstić information content (AvgIpc) is 3.09. The molecule has 1 heterocycles. The Morgan fingerprint density at radius 1 is 1.21 bits per heavy atom. The molecule has 2 aromatic carbocycles. The Balaban J connectivity index is 1.77. The number of amides is 1. The smallest absolute Gasteiger partial charge is 0.255 e. The molecule has 1 aliphatic rings. The number of unbranched alkanes of at least 4 members (excludes halogenated alkanes) is 1. The van der Waals surface area contributed by atoms with Gasteiger partial charge >= 0.3 is 0 Å². The Kier molecular flexibility index (Phi) is 5.56. The molecular weight excluding hydrogens is 321 g/mol. The van der Waals surface area contributed by atoms with Gasteiger partial charge in [-0.05, 0) is 36.6 Å². The number of aryl methyl sites for hydroxylation is 1. The molecule has 1 fully saturated rings. The Morgan fingerprint density at radius 2 is 1.96 bits per heavy atom. The second kappa shape index (κ2) is 7.84. The van der Waals surface area contributed by atoms with Gasteiger partial charge in [-0.2, -0.15) is 0 Å². The zero-order valence-corrected chi connectivity index (χ0v) is 14.7. The third-order valence-corrected chi connectivity index (χ3v) is 5.59. The van der Waals surface area contributed by atoms with Crippen LogP contribution in [0.2, 0.25) is 0 Å². The molecular formula is C20H22FNOS. The molecule has 1 aliphatic heterocycles. The van der Waals surface area contributed by atoms with Crippen molar-refractivity contribution in [2.24, 2.45) is 0 Å². The minimum absolute atomic E-state index is 0.0182. The lowest BCUT2D eigenvalue weighted by molar-refractivity contribution is 0.0759. The summed E-state index contributed by atoms with van der Waals surface area (Å²) in [6.45, 7) is 2.83. The molecule has 0 N–H and O–H groups in total. The van der Waals surface area contributed by atoms with E-state index in [1.54, 1.807) is 28.8 Å². The Bertz CT molecular complexity index is 701. The molecule has 1 saturated heterocycles. The molecule has 0 aromatic heterocycles. The molecule has 0 saturated carbocycles. The molecule has 0 bridgehead atoms. The van der Waals surface area contributed by atoms with Crippen molar-refractivity contribution in [1.29, 1.82) is 0 Å². The number of nitrogens with zero attached hydrogens (tertiary/aromatic N) is 1. The van der Waals surface area contributed by atoms with Crippen LogP contribution in [0.15, 0.2) is 48.5 Å². The van der Waals surface area contributed by atoms with E-state index in [1.165, 1.54) is 11.6 Å². The zero-order valence-electron chi connectivity index (χ0n) is 13.9. The molecule has 126 valence electrons. The van der Waals surface area contributed by atoms with Crippen LogP contribution < -0.4 is 0 Å². The fourth-order valence-corrected chi connectivity index (χ4v) is 4.25. The minimum atomic E-state index is -0.246. The number of benzene rings is 2. The van der Waals surface area contributed by atoms with Crippen LogP contribution >= 0.6 is 11.8 Å².